The number of nitrogens with one attached hydrogen (secondary N) is 1. The highest BCUT2D eigenvalue weighted by Gasteiger charge is 2.33. The van der Waals surface area contributed by atoms with Crippen LogP contribution < -0.4 is 5.32 Å². The smallest absolute Gasteiger partial charge is 0.244 e. The SMILES string of the molecule is O=C(NCCc1cccs1)[C@@H]1CN(C2CCOCC2)Cc2cncn21. The number of hydrogen-bond donors (Lipinski definition) is 1. The Morgan fingerprint density at radius 2 is 2.28 bits per heavy atom. The van der Waals surface area contributed by atoms with E-state index in [0.717, 1.165) is 51.3 Å². The van der Waals surface area contributed by atoms with Crippen molar-refractivity contribution in [3.8, 4) is 0 Å². The van der Waals surface area contributed by atoms with Crippen LogP contribution in [0.15, 0.2) is 30.0 Å². The summed E-state index contributed by atoms with van der Waals surface area (Å²) in [7, 11) is 0. The van der Waals surface area contributed by atoms with Crippen molar-refractivity contribution >= 4 is 17.2 Å². The molecule has 4 rings (SSSR count). The summed E-state index contributed by atoms with van der Waals surface area (Å²) in [6.45, 7) is 3.93. The van der Waals surface area contributed by atoms with E-state index < -0.39 is 0 Å². The molecular formula is C18H24N4O2S. The predicted octanol–water partition coefficient (Wildman–Crippen LogP) is 1.84. The van der Waals surface area contributed by atoms with E-state index in [9.17, 15) is 4.79 Å². The van der Waals surface area contributed by atoms with Gasteiger partial charge in [0.2, 0.25) is 5.91 Å². The first kappa shape index (κ1) is 16.8. The normalized spacial score (nSPS) is 21.8. The second-order valence-electron chi connectivity index (χ2n) is 6.70. The van der Waals surface area contributed by atoms with E-state index >= 15 is 0 Å². The van der Waals surface area contributed by atoms with Crippen LogP contribution in [0.2, 0.25) is 0 Å². The molecule has 1 saturated heterocycles. The topological polar surface area (TPSA) is 59.4 Å². The number of hydrogen-bond acceptors (Lipinski definition) is 5. The summed E-state index contributed by atoms with van der Waals surface area (Å²) in [5.74, 6) is 0.0903. The van der Waals surface area contributed by atoms with Gasteiger partial charge in [-0.05, 0) is 30.7 Å². The minimum absolute atomic E-state index is 0.0903. The number of ether oxygens (including phenoxy) is 1. The fourth-order valence-electron chi connectivity index (χ4n) is 3.74. The fourth-order valence-corrected chi connectivity index (χ4v) is 4.45. The lowest BCUT2D eigenvalue weighted by atomic mass is 10.0. The number of thiophene rings is 1. The number of nitrogens with zero attached hydrogens (tertiary/aromatic N) is 3. The molecule has 0 aromatic carbocycles. The number of amides is 1. The monoisotopic (exact) mass is 360 g/mol. The Morgan fingerprint density at radius 3 is 3.08 bits per heavy atom. The number of carbonyl (C=O) groups excluding carboxylic acids is 1. The molecule has 0 bridgehead atoms. The van der Waals surface area contributed by atoms with E-state index in [1.165, 1.54) is 4.88 Å². The molecule has 1 amide bonds. The number of carbonyl (C=O) groups is 1. The second-order valence-corrected chi connectivity index (χ2v) is 7.73. The average molecular weight is 360 g/mol. The van der Waals surface area contributed by atoms with E-state index in [1.54, 1.807) is 17.7 Å². The Labute approximate surface area is 151 Å². The zero-order valence-electron chi connectivity index (χ0n) is 14.3. The Balaban J connectivity index is 1.41. The van der Waals surface area contributed by atoms with Crippen molar-refractivity contribution in [2.45, 2.75) is 37.9 Å². The highest BCUT2D eigenvalue weighted by Crippen LogP contribution is 2.26. The van der Waals surface area contributed by atoms with Gasteiger partial charge in [0.25, 0.3) is 0 Å². The molecule has 2 aliphatic rings. The molecule has 1 fully saturated rings. The van der Waals surface area contributed by atoms with E-state index in [1.807, 2.05) is 16.8 Å². The molecule has 6 nitrogen and oxygen atoms in total. The van der Waals surface area contributed by atoms with Crippen LogP contribution in [0.3, 0.4) is 0 Å². The molecule has 0 saturated carbocycles. The second kappa shape index (κ2) is 7.68. The molecule has 0 spiro atoms. The summed E-state index contributed by atoms with van der Waals surface area (Å²) in [5.41, 5.74) is 1.12. The Bertz CT molecular complexity index is 694. The molecule has 25 heavy (non-hydrogen) atoms. The molecule has 134 valence electrons. The van der Waals surface area contributed by atoms with Crippen LogP contribution in [-0.4, -0.2) is 52.7 Å². The molecule has 2 aliphatic heterocycles. The molecule has 1 atom stereocenters. The fraction of sp³-hybridized carbons (Fsp3) is 0.556. The van der Waals surface area contributed by atoms with Crippen LogP contribution in [0, 0.1) is 0 Å². The molecule has 1 N–H and O–H groups in total. The third-order valence-corrected chi connectivity index (χ3v) is 6.05. The quantitative estimate of drug-likeness (QED) is 0.884. The van der Waals surface area contributed by atoms with Crippen LogP contribution in [-0.2, 0) is 22.5 Å². The van der Waals surface area contributed by atoms with Crippen LogP contribution in [0.1, 0.15) is 29.5 Å². The summed E-state index contributed by atoms with van der Waals surface area (Å²) < 4.78 is 7.52. The minimum atomic E-state index is -0.197. The summed E-state index contributed by atoms with van der Waals surface area (Å²) in [6, 6.07) is 4.46. The average Bonchev–Trinajstić information content (AvgIpc) is 3.33. The van der Waals surface area contributed by atoms with Gasteiger partial charge in [0, 0.05) is 50.0 Å². The lowest BCUT2D eigenvalue weighted by Crippen LogP contribution is -2.49. The predicted molar refractivity (Wildman–Crippen MR) is 96.5 cm³/mol. The zero-order chi connectivity index (χ0) is 17.1. The van der Waals surface area contributed by atoms with Crippen molar-refractivity contribution in [1.82, 2.24) is 19.8 Å². The molecule has 7 heteroatoms. The lowest BCUT2D eigenvalue weighted by Gasteiger charge is -2.40. The summed E-state index contributed by atoms with van der Waals surface area (Å²) >= 11 is 1.73. The first-order valence-corrected chi connectivity index (χ1v) is 9.82. The molecular weight excluding hydrogens is 336 g/mol. The van der Waals surface area contributed by atoms with Gasteiger partial charge >= 0.3 is 0 Å². The van der Waals surface area contributed by atoms with E-state index in [0.29, 0.717) is 12.6 Å². The number of rotatable bonds is 5. The summed E-state index contributed by atoms with van der Waals surface area (Å²) in [5, 5.41) is 5.18. The van der Waals surface area contributed by atoms with Crippen LogP contribution in [0.25, 0.3) is 0 Å². The first-order chi connectivity index (χ1) is 12.3. The summed E-state index contributed by atoms with van der Waals surface area (Å²) in [6.07, 6.45) is 6.65. The van der Waals surface area contributed by atoms with Gasteiger partial charge in [0.15, 0.2) is 0 Å². The molecule has 4 heterocycles. The van der Waals surface area contributed by atoms with Crippen molar-refractivity contribution in [3.63, 3.8) is 0 Å². The number of fused-ring (bicyclic) bond motifs is 1. The van der Waals surface area contributed by atoms with Crippen molar-refractivity contribution in [1.29, 1.82) is 0 Å². The highest BCUT2D eigenvalue weighted by molar-refractivity contribution is 7.09. The van der Waals surface area contributed by atoms with Crippen LogP contribution in [0.5, 0.6) is 0 Å². The van der Waals surface area contributed by atoms with Gasteiger partial charge in [-0.3, -0.25) is 9.69 Å². The first-order valence-electron chi connectivity index (χ1n) is 8.94. The van der Waals surface area contributed by atoms with Crippen molar-refractivity contribution < 1.29 is 9.53 Å². The van der Waals surface area contributed by atoms with E-state index in [4.69, 9.17) is 4.74 Å². The lowest BCUT2D eigenvalue weighted by molar-refractivity contribution is -0.126. The third kappa shape index (κ3) is 3.78. The third-order valence-electron chi connectivity index (χ3n) is 5.12. The summed E-state index contributed by atoms with van der Waals surface area (Å²) in [4.78, 5) is 20.8. The molecule has 2 aromatic rings. The van der Waals surface area contributed by atoms with Gasteiger partial charge in [-0.2, -0.15) is 0 Å². The van der Waals surface area contributed by atoms with E-state index in [2.05, 4.69) is 26.6 Å². The molecule has 2 aromatic heterocycles. The van der Waals surface area contributed by atoms with E-state index in [-0.39, 0.29) is 11.9 Å². The van der Waals surface area contributed by atoms with Gasteiger partial charge in [0.05, 0.1) is 12.0 Å². The zero-order valence-corrected chi connectivity index (χ0v) is 15.1. The maximum absolute atomic E-state index is 12.8. The highest BCUT2D eigenvalue weighted by atomic mass is 32.1. The maximum atomic E-state index is 12.8. The van der Waals surface area contributed by atoms with Gasteiger partial charge in [-0.15, -0.1) is 11.3 Å². The Hall–Kier alpha value is -1.70. The van der Waals surface area contributed by atoms with Crippen LogP contribution >= 0.6 is 11.3 Å². The molecule has 0 aliphatic carbocycles. The Morgan fingerprint density at radius 1 is 1.40 bits per heavy atom. The van der Waals surface area contributed by atoms with Crippen LogP contribution in [0.4, 0.5) is 0 Å². The Kier molecular flexibility index (Phi) is 5.14. The van der Waals surface area contributed by atoms with Crippen molar-refractivity contribution in [3.05, 3.63) is 40.6 Å². The van der Waals surface area contributed by atoms with Gasteiger partial charge < -0.3 is 14.6 Å². The standard InChI is InChI=1S/C18H24N4O2S/c23-18(20-6-3-16-2-1-9-25-16)17-12-21(14-4-7-24-8-5-14)11-15-10-19-13-22(15)17/h1-2,9-10,13-14,17H,3-8,11-12H2,(H,20,23)/t17-/m0/s1. The number of imidazole rings is 1. The van der Waals surface area contributed by atoms with Gasteiger partial charge in [-0.25, -0.2) is 4.98 Å². The maximum Gasteiger partial charge on any atom is 0.244 e. The van der Waals surface area contributed by atoms with Crippen molar-refractivity contribution in [2.75, 3.05) is 26.3 Å². The minimum Gasteiger partial charge on any atom is -0.381 e. The molecule has 0 radical (unpaired) electrons. The molecule has 0 unspecified atom stereocenters. The van der Waals surface area contributed by atoms with Crippen molar-refractivity contribution in [2.24, 2.45) is 0 Å². The largest absolute Gasteiger partial charge is 0.381 e. The van der Waals surface area contributed by atoms with Gasteiger partial charge in [-0.1, -0.05) is 6.07 Å². The van der Waals surface area contributed by atoms with Gasteiger partial charge in [0.1, 0.15) is 6.04 Å². The number of aromatic nitrogens is 2.